The summed E-state index contributed by atoms with van der Waals surface area (Å²) in [7, 11) is 3.30. The van der Waals surface area contributed by atoms with Crippen molar-refractivity contribution < 1.29 is 19.1 Å². The molecule has 1 aliphatic carbocycles. The van der Waals surface area contributed by atoms with Crippen molar-refractivity contribution in [1.82, 2.24) is 4.90 Å². The van der Waals surface area contributed by atoms with Gasteiger partial charge in [-0.25, -0.2) is 4.79 Å². The van der Waals surface area contributed by atoms with Crippen LogP contribution in [0.2, 0.25) is 0 Å². The largest absolute Gasteiger partial charge is 0.462 e. The van der Waals surface area contributed by atoms with Crippen LogP contribution >= 0.6 is 11.3 Å². The maximum atomic E-state index is 12.3. The second kappa shape index (κ2) is 7.12. The molecule has 0 unspecified atom stereocenters. The van der Waals surface area contributed by atoms with Gasteiger partial charge in [-0.05, 0) is 32.3 Å². The molecule has 1 fully saturated rings. The van der Waals surface area contributed by atoms with Gasteiger partial charge in [-0.1, -0.05) is 6.42 Å². The molecule has 1 saturated carbocycles. The molecule has 1 aliphatic rings. The van der Waals surface area contributed by atoms with Gasteiger partial charge in [0, 0.05) is 20.0 Å². The molecule has 1 N–H and O–H groups in total. The lowest BCUT2D eigenvalue weighted by Crippen LogP contribution is -2.28. The SMILES string of the molecule is CCOC(=O)c1c(NC(=O)C2CCC2)sc(C(=O)N(C)C)c1C. The molecule has 126 valence electrons. The van der Waals surface area contributed by atoms with E-state index in [0.717, 1.165) is 30.6 Å². The number of esters is 1. The number of thiophene rings is 1. The summed E-state index contributed by atoms with van der Waals surface area (Å²) in [5.41, 5.74) is 0.839. The van der Waals surface area contributed by atoms with E-state index < -0.39 is 5.97 Å². The Bertz CT molecular complexity index is 632. The Balaban J connectivity index is 2.37. The van der Waals surface area contributed by atoms with E-state index >= 15 is 0 Å². The van der Waals surface area contributed by atoms with Crippen molar-refractivity contribution in [2.24, 2.45) is 5.92 Å². The number of nitrogens with one attached hydrogen (secondary N) is 1. The average Bonchev–Trinajstić information content (AvgIpc) is 2.72. The number of amides is 2. The molecule has 2 rings (SSSR count). The van der Waals surface area contributed by atoms with Crippen molar-refractivity contribution in [3.63, 3.8) is 0 Å². The van der Waals surface area contributed by atoms with Crippen LogP contribution in [-0.2, 0) is 9.53 Å². The monoisotopic (exact) mass is 338 g/mol. The van der Waals surface area contributed by atoms with Gasteiger partial charge in [0.25, 0.3) is 5.91 Å². The van der Waals surface area contributed by atoms with E-state index in [9.17, 15) is 14.4 Å². The molecular formula is C16H22N2O4S. The number of anilines is 1. The molecule has 1 aromatic heterocycles. The summed E-state index contributed by atoms with van der Waals surface area (Å²) in [5, 5.41) is 3.22. The predicted molar refractivity (Wildman–Crippen MR) is 89.0 cm³/mol. The summed E-state index contributed by atoms with van der Waals surface area (Å²) in [6, 6.07) is 0. The van der Waals surface area contributed by atoms with Gasteiger partial charge in [0.1, 0.15) is 5.00 Å². The lowest BCUT2D eigenvalue weighted by Gasteiger charge is -2.23. The molecule has 7 heteroatoms. The van der Waals surface area contributed by atoms with Gasteiger partial charge in [0.05, 0.1) is 17.0 Å². The minimum Gasteiger partial charge on any atom is -0.462 e. The third kappa shape index (κ3) is 3.55. The van der Waals surface area contributed by atoms with E-state index in [1.54, 1.807) is 27.9 Å². The smallest absolute Gasteiger partial charge is 0.341 e. The van der Waals surface area contributed by atoms with E-state index in [1.807, 2.05) is 0 Å². The van der Waals surface area contributed by atoms with Crippen LogP contribution in [0, 0.1) is 12.8 Å². The average molecular weight is 338 g/mol. The number of carbonyl (C=O) groups is 3. The number of hydrogen-bond donors (Lipinski definition) is 1. The summed E-state index contributed by atoms with van der Waals surface area (Å²) in [6.45, 7) is 3.66. The molecule has 0 spiro atoms. The Morgan fingerprint density at radius 1 is 1.30 bits per heavy atom. The summed E-state index contributed by atoms with van der Waals surface area (Å²) < 4.78 is 5.08. The van der Waals surface area contributed by atoms with E-state index in [0.29, 0.717) is 15.4 Å². The van der Waals surface area contributed by atoms with Crippen LogP contribution in [0.1, 0.15) is 51.8 Å². The summed E-state index contributed by atoms with van der Waals surface area (Å²) in [6.07, 6.45) is 2.79. The zero-order valence-corrected chi connectivity index (χ0v) is 14.7. The van der Waals surface area contributed by atoms with Gasteiger partial charge in [-0.2, -0.15) is 0 Å². The fourth-order valence-electron chi connectivity index (χ4n) is 2.34. The lowest BCUT2D eigenvalue weighted by molar-refractivity contribution is -0.122. The summed E-state index contributed by atoms with van der Waals surface area (Å²) in [5.74, 6) is -0.794. The van der Waals surface area contributed by atoms with E-state index in [2.05, 4.69) is 5.32 Å². The summed E-state index contributed by atoms with van der Waals surface area (Å²) in [4.78, 5) is 38.6. The molecule has 2 amide bonds. The van der Waals surface area contributed by atoms with Crippen molar-refractivity contribution >= 4 is 34.1 Å². The van der Waals surface area contributed by atoms with Crippen molar-refractivity contribution in [2.45, 2.75) is 33.1 Å². The van der Waals surface area contributed by atoms with E-state index in [4.69, 9.17) is 4.74 Å². The standard InChI is InChI=1S/C16H22N2O4S/c1-5-22-16(21)11-9(2)12(15(20)18(3)4)23-14(11)17-13(19)10-7-6-8-10/h10H,5-8H2,1-4H3,(H,17,19). The van der Waals surface area contributed by atoms with Crippen LogP contribution in [0.4, 0.5) is 5.00 Å². The number of ether oxygens (including phenoxy) is 1. The zero-order chi connectivity index (χ0) is 17.1. The summed E-state index contributed by atoms with van der Waals surface area (Å²) >= 11 is 1.13. The predicted octanol–water partition coefficient (Wildman–Crippen LogP) is 2.67. The van der Waals surface area contributed by atoms with Crippen molar-refractivity contribution in [3.8, 4) is 0 Å². The van der Waals surface area contributed by atoms with Gasteiger partial charge in [-0.15, -0.1) is 11.3 Å². The van der Waals surface area contributed by atoms with Gasteiger partial charge in [0.2, 0.25) is 5.91 Å². The van der Waals surface area contributed by atoms with Crippen molar-refractivity contribution in [1.29, 1.82) is 0 Å². The molecule has 6 nitrogen and oxygen atoms in total. The Kier molecular flexibility index (Phi) is 5.41. The fourth-order valence-corrected chi connectivity index (χ4v) is 3.56. The first-order valence-electron chi connectivity index (χ1n) is 7.69. The van der Waals surface area contributed by atoms with Crippen LogP contribution in [0.15, 0.2) is 0 Å². The van der Waals surface area contributed by atoms with Gasteiger partial charge < -0.3 is 15.0 Å². The normalized spacial score (nSPS) is 14.1. The zero-order valence-electron chi connectivity index (χ0n) is 13.9. The molecule has 0 saturated heterocycles. The first kappa shape index (κ1) is 17.5. The van der Waals surface area contributed by atoms with Gasteiger partial charge in [-0.3, -0.25) is 9.59 Å². The van der Waals surface area contributed by atoms with Crippen LogP contribution in [0.25, 0.3) is 0 Å². The third-order valence-electron chi connectivity index (χ3n) is 3.94. The van der Waals surface area contributed by atoms with Crippen molar-refractivity contribution in [3.05, 3.63) is 16.0 Å². The number of rotatable bonds is 5. The minimum atomic E-state index is -0.511. The molecule has 0 atom stereocenters. The Hall–Kier alpha value is -1.89. The first-order chi connectivity index (χ1) is 10.9. The fraction of sp³-hybridized carbons (Fsp3) is 0.562. The van der Waals surface area contributed by atoms with E-state index in [1.165, 1.54) is 4.90 Å². The van der Waals surface area contributed by atoms with Crippen LogP contribution in [-0.4, -0.2) is 43.4 Å². The molecule has 1 heterocycles. The lowest BCUT2D eigenvalue weighted by atomic mass is 9.85. The number of hydrogen-bond acceptors (Lipinski definition) is 5. The Morgan fingerprint density at radius 3 is 2.43 bits per heavy atom. The highest BCUT2D eigenvalue weighted by molar-refractivity contribution is 7.18. The molecule has 0 radical (unpaired) electrons. The highest BCUT2D eigenvalue weighted by atomic mass is 32.1. The van der Waals surface area contributed by atoms with Crippen LogP contribution in [0.5, 0.6) is 0 Å². The van der Waals surface area contributed by atoms with Crippen LogP contribution < -0.4 is 5.32 Å². The molecule has 23 heavy (non-hydrogen) atoms. The number of carbonyl (C=O) groups excluding carboxylic acids is 3. The van der Waals surface area contributed by atoms with E-state index in [-0.39, 0.29) is 29.9 Å². The Morgan fingerprint density at radius 2 is 1.96 bits per heavy atom. The Labute approximate surface area is 139 Å². The van der Waals surface area contributed by atoms with Gasteiger partial charge >= 0.3 is 5.97 Å². The van der Waals surface area contributed by atoms with Crippen LogP contribution in [0.3, 0.4) is 0 Å². The minimum absolute atomic E-state index is 0.000418. The maximum absolute atomic E-state index is 12.3. The maximum Gasteiger partial charge on any atom is 0.341 e. The highest BCUT2D eigenvalue weighted by Crippen LogP contribution is 2.36. The second-order valence-electron chi connectivity index (χ2n) is 5.80. The number of nitrogens with zero attached hydrogens (tertiary/aromatic N) is 1. The van der Waals surface area contributed by atoms with Crippen molar-refractivity contribution in [2.75, 3.05) is 26.0 Å². The molecular weight excluding hydrogens is 316 g/mol. The molecule has 0 bridgehead atoms. The molecule has 0 aliphatic heterocycles. The highest BCUT2D eigenvalue weighted by Gasteiger charge is 2.30. The third-order valence-corrected chi connectivity index (χ3v) is 5.13. The second-order valence-corrected chi connectivity index (χ2v) is 6.82. The first-order valence-corrected chi connectivity index (χ1v) is 8.51. The topological polar surface area (TPSA) is 75.7 Å². The quantitative estimate of drug-likeness (QED) is 0.838. The van der Waals surface area contributed by atoms with Gasteiger partial charge in [0.15, 0.2) is 0 Å². The molecule has 1 aromatic rings. The molecule has 0 aromatic carbocycles.